The largest absolute Gasteiger partial charge is 0.324 e. The van der Waals surface area contributed by atoms with Gasteiger partial charge in [-0.1, -0.05) is 24.3 Å². The first-order valence-electron chi connectivity index (χ1n) is 4.81. The summed E-state index contributed by atoms with van der Waals surface area (Å²) in [4.78, 5) is 16.3. The van der Waals surface area contributed by atoms with Crippen LogP contribution in [0.5, 0.6) is 0 Å². The van der Waals surface area contributed by atoms with E-state index in [1.807, 2.05) is 31.2 Å². The van der Waals surface area contributed by atoms with Gasteiger partial charge in [-0.2, -0.15) is 0 Å². The molecule has 2 aromatic rings. The number of benzene rings is 1. The molecule has 0 radical (unpaired) electrons. The third-order valence-corrected chi connectivity index (χ3v) is 2.34. The average molecular weight is 203 g/mol. The number of nitrogens with two attached hydrogens (primary N) is 1. The summed E-state index contributed by atoms with van der Waals surface area (Å²) in [5.41, 5.74) is 8.41. The fourth-order valence-electron chi connectivity index (χ4n) is 1.62. The number of hydrogen-bond donors (Lipinski definition) is 3. The van der Waals surface area contributed by atoms with Crippen LogP contribution in [0.15, 0.2) is 35.3 Å². The lowest BCUT2D eigenvalue weighted by atomic mass is 10.0. The normalized spacial score (nSPS) is 12.7. The van der Waals surface area contributed by atoms with E-state index in [1.165, 1.54) is 0 Å². The van der Waals surface area contributed by atoms with Crippen molar-refractivity contribution in [1.82, 2.24) is 9.97 Å². The number of aromatic amines is 2. The predicted octanol–water partition coefficient (Wildman–Crippen LogP) is 1.39. The van der Waals surface area contributed by atoms with Gasteiger partial charge in [0.25, 0.3) is 0 Å². The van der Waals surface area contributed by atoms with E-state index in [4.69, 9.17) is 5.73 Å². The maximum Gasteiger partial charge on any atom is 0.323 e. The van der Waals surface area contributed by atoms with Crippen LogP contribution in [0.2, 0.25) is 0 Å². The van der Waals surface area contributed by atoms with Gasteiger partial charge in [0.1, 0.15) is 0 Å². The first-order chi connectivity index (χ1) is 7.18. The molecule has 0 aliphatic rings. The lowest BCUT2D eigenvalue weighted by Gasteiger charge is -2.10. The summed E-state index contributed by atoms with van der Waals surface area (Å²) in [6, 6.07) is 7.71. The van der Waals surface area contributed by atoms with E-state index >= 15 is 0 Å². The standard InChI is InChI=1S/C11H13N3O/c1-7(12)8-4-2-3-5-9(8)10-6-13-11(15)14-10/h2-7H,12H2,1H3,(H2,13,14,15). The smallest absolute Gasteiger partial charge is 0.323 e. The SMILES string of the molecule is CC(N)c1ccccc1-c1c[nH]c(=O)[nH]1. The number of hydrogen-bond acceptors (Lipinski definition) is 2. The molecule has 0 bridgehead atoms. The van der Waals surface area contributed by atoms with E-state index in [1.54, 1.807) is 6.20 Å². The third kappa shape index (κ3) is 1.85. The Morgan fingerprint density at radius 3 is 2.67 bits per heavy atom. The van der Waals surface area contributed by atoms with Crippen LogP contribution in [-0.4, -0.2) is 9.97 Å². The van der Waals surface area contributed by atoms with Crippen LogP contribution in [0.4, 0.5) is 0 Å². The zero-order valence-electron chi connectivity index (χ0n) is 8.45. The Kier molecular flexibility index (Phi) is 2.43. The molecule has 1 heterocycles. The molecule has 1 atom stereocenters. The van der Waals surface area contributed by atoms with Crippen LogP contribution in [-0.2, 0) is 0 Å². The van der Waals surface area contributed by atoms with Gasteiger partial charge in [0.05, 0.1) is 5.69 Å². The van der Waals surface area contributed by atoms with E-state index in [0.717, 1.165) is 16.8 Å². The molecule has 2 rings (SSSR count). The lowest BCUT2D eigenvalue weighted by molar-refractivity contribution is 0.820. The molecule has 0 aliphatic heterocycles. The molecule has 4 N–H and O–H groups in total. The molecule has 0 fully saturated rings. The van der Waals surface area contributed by atoms with Crippen molar-refractivity contribution in [3.8, 4) is 11.3 Å². The zero-order chi connectivity index (χ0) is 10.8. The number of H-pyrrole nitrogens is 2. The molecule has 0 saturated heterocycles. The lowest BCUT2D eigenvalue weighted by Crippen LogP contribution is -2.07. The summed E-state index contributed by atoms with van der Waals surface area (Å²) >= 11 is 0. The van der Waals surface area contributed by atoms with E-state index in [2.05, 4.69) is 9.97 Å². The fraction of sp³-hybridized carbons (Fsp3) is 0.182. The molecule has 1 aromatic heterocycles. The summed E-state index contributed by atoms with van der Waals surface area (Å²) in [7, 11) is 0. The molecule has 0 saturated carbocycles. The van der Waals surface area contributed by atoms with E-state index in [0.29, 0.717) is 0 Å². The summed E-state index contributed by atoms with van der Waals surface area (Å²) < 4.78 is 0. The minimum absolute atomic E-state index is 0.0559. The zero-order valence-corrected chi connectivity index (χ0v) is 8.45. The van der Waals surface area contributed by atoms with Gasteiger partial charge in [0.2, 0.25) is 0 Å². The summed E-state index contributed by atoms with van der Waals surface area (Å²) in [6.45, 7) is 1.92. The molecule has 0 spiro atoms. The Balaban J connectivity index is 2.57. The van der Waals surface area contributed by atoms with Gasteiger partial charge in [-0.05, 0) is 12.5 Å². The van der Waals surface area contributed by atoms with Crippen molar-refractivity contribution in [2.75, 3.05) is 0 Å². The van der Waals surface area contributed by atoms with Crippen molar-refractivity contribution >= 4 is 0 Å². The summed E-state index contributed by atoms with van der Waals surface area (Å²) in [5.74, 6) is 0. The van der Waals surface area contributed by atoms with Gasteiger partial charge in [0, 0.05) is 17.8 Å². The van der Waals surface area contributed by atoms with Crippen molar-refractivity contribution in [2.45, 2.75) is 13.0 Å². The quantitative estimate of drug-likeness (QED) is 0.690. The summed E-state index contributed by atoms with van der Waals surface area (Å²) in [5, 5.41) is 0. The van der Waals surface area contributed by atoms with Gasteiger partial charge >= 0.3 is 5.69 Å². The second-order valence-electron chi connectivity index (χ2n) is 3.53. The Labute approximate surface area is 87.1 Å². The van der Waals surface area contributed by atoms with Crippen LogP contribution >= 0.6 is 0 Å². The molecule has 0 amide bonds. The van der Waals surface area contributed by atoms with E-state index in [-0.39, 0.29) is 11.7 Å². The highest BCUT2D eigenvalue weighted by molar-refractivity contribution is 5.63. The van der Waals surface area contributed by atoms with Crippen LogP contribution in [0.3, 0.4) is 0 Å². The molecule has 4 heteroatoms. The molecule has 1 unspecified atom stereocenters. The molecule has 15 heavy (non-hydrogen) atoms. The molecular weight excluding hydrogens is 190 g/mol. The highest BCUT2D eigenvalue weighted by atomic mass is 16.1. The molecule has 1 aromatic carbocycles. The predicted molar refractivity (Wildman–Crippen MR) is 59.5 cm³/mol. The number of aromatic nitrogens is 2. The average Bonchev–Trinajstić information content (AvgIpc) is 2.65. The van der Waals surface area contributed by atoms with Crippen LogP contribution in [0.25, 0.3) is 11.3 Å². The molecule has 0 aliphatic carbocycles. The van der Waals surface area contributed by atoms with Crippen molar-refractivity contribution < 1.29 is 0 Å². The van der Waals surface area contributed by atoms with Gasteiger partial charge in [-0.25, -0.2) is 4.79 Å². The Bertz CT molecular complexity index is 510. The Morgan fingerprint density at radius 2 is 2.07 bits per heavy atom. The molecule has 78 valence electrons. The van der Waals surface area contributed by atoms with Gasteiger partial charge in [0.15, 0.2) is 0 Å². The third-order valence-electron chi connectivity index (χ3n) is 2.34. The van der Waals surface area contributed by atoms with Crippen molar-refractivity contribution in [1.29, 1.82) is 0 Å². The highest BCUT2D eigenvalue weighted by Crippen LogP contribution is 2.24. The van der Waals surface area contributed by atoms with Crippen molar-refractivity contribution in [3.63, 3.8) is 0 Å². The van der Waals surface area contributed by atoms with Gasteiger partial charge < -0.3 is 15.7 Å². The minimum Gasteiger partial charge on any atom is -0.324 e. The maximum atomic E-state index is 11.0. The van der Waals surface area contributed by atoms with Crippen LogP contribution < -0.4 is 11.4 Å². The highest BCUT2D eigenvalue weighted by Gasteiger charge is 2.08. The number of imidazole rings is 1. The van der Waals surface area contributed by atoms with Crippen LogP contribution in [0, 0.1) is 0 Å². The molecule has 4 nitrogen and oxygen atoms in total. The number of nitrogens with one attached hydrogen (secondary N) is 2. The van der Waals surface area contributed by atoms with Gasteiger partial charge in [-0.15, -0.1) is 0 Å². The minimum atomic E-state index is -0.204. The fourth-order valence-corrected chi connectivity index (χ4v) is 1.62. The second-order valence-corrected chi connectivity index (χ2v) is 3.53. The second kappa shape index (κ2) is 3.74. The maximum absolute atomic E-state index is 11.0. The first kappa shape index (κ1) is 9.73. The van der Waals surface area contributed by atoms with Crippen molar-refractivity contribution in [2.24, 2.45) is 5.73 Å². The van der Waals surface area contributed by atoms with E-state index in [9.17, 15) is 4.79 Å². The van der Waals surface area contributed by atoms with Crippen LogP contribution in [0.1, 0.15) is 18.5 Å². The Morgan fingerprint density at radius 1 is 1.33 bits per heavy atom. The molecular formula is C11H13N3O. The van der Waals surface area contributed by atoms with Gasteiger partial charge in [-0.3, -0.25) is 0 Å². The van der Waals surface area contributed by atoms with Crippen molar-refractivity contribution in [3.05, 3.63) is 46.5 Å². The first-order valence-corrected chi connectivity index (χ1v) is 4.81. The van der Waals surface area contributed by atoms with E-state index < -0.39 is 0 Å². The Hall–Kier alpha value is -1.81. The topological polar surface area (TPSA) is 74.7 Å². The summed E-state index contributed by atoms with van der Waals surface area (Å²) in [6.07, 6.45) is 1.66. The number of rotatable bonds is 2. The monoisotopic (exact) mass is 203 g/mol.